The lowest BCUT2D eigenvalue weighted by atomic mass is 10.1. The Kier molecular flexibility index (Phi) is 4.31. The van der Waals surface area contributed by atoms with Crippen molar-refractivity contribution >= 4 is 0 Å². The molecule has 0 saturated heterocycles. The molecular weight excluding hydrogens is 224 g/mol. The molecule has 2 N–H and O–H groups in total. The molecule has 2 rings (SSSR count). The summed E-state index contributed by atoms with van der Waals surface area (Å²) in [6, 6.07) is 12.0. The lowest BCUT2D eigenvalue weighted by Crippen LogP contribution is -2.05. The number of benzene rings is 1. The average molecular weight is 242 g/mol. The highest BCUT2D eigenvalue weighted by Gasteiger charge is 2.06. The molecule has 3 heteroatoms. The second kappa shape index (κ2) is 6.17. The van der Waals surface area contributed by atoms with Gasteiger partial charge >= 0.3 is 0 Å². The first-order valence-corrected chi connectivity index (χ1v) is 6.15. The van der Waals surface area contributed by atoms with Gasteiger partial charge in [0.1, 0.15) is 11.9 Å². The molecule has 0 bridgehead atoms. The first-order valence-electron chi connectivity index (χ1n) is 6.15. The summed E-state index contributed by atoms with van der Waals surface area (Å²) in [7, 11) is 0. The number of nitrogens with two attached hydrogens (primary N) is 1. The van der Waals surface area contributed by atoms with Gasteiger partial charge in [-0.2, -0.15) is 0 Å². The number of nitrogens with zero attached hydrogens (tertiary/aromatic N) is 1. The van der Waals surface area contributed by atoms with Gasteiger partial charge in [-0.05, 0) is 55.3 Å². The Morgan fingerprint density at radius 3 is 2.72 bits per heavy atom. The van der Waals surface area contributed by atoms with Crippen LogP contribution in [0.3, 0.4) is 0 Å². The summed E-state index contributed by atoms with van der Waals surface area (Å²) in [5.41, 5.74) is 7.88. The number of hydrogen-bond acceptors (Lipinski definition) is 3. The average Bonchev–Trinajstić information content (AvgIpc) is 2.40. The lowest BCUT2D eigenvalue weighted by molar-refractivity contribution is 0.226. The molecule has 0 saturated carbocycles. The smallest absolute Gasteiger partial charge is 0.121 e. The van der Waals surface area contributed by atoms with Gasteiger partial charge < -0.3 is 10.5 Å². The monoisotopic (exact) mass is 242 g/mol. The van der Waals surface area contributed by atoms with E-state index in [0.29, 0.717) is 6.54 Å². The number of hydrogen-bond donors (Lipinski definition) is 1. The van der Waals surface area contributed by atoms with Crippen molar-refractivity contribution in [3.8, 4) is 5.75 Å². The van der Waals surface area contributed by atoms with Gasteiger partial charge in [-0.25, -0.2) is 0 Å². The highest BCUT2D eigenvalue weighted by Crippen LogP contribution is 2.22. The summed E-state index contributed by atoms with van der Waals surface area (Å²) >= 11 is 0. The molecule has 1 atom stereocenters. The van der Waals surface area contributed by atoms with Crippen molar-refractivity contribution in [2.45, 2.75) is 19.4 Å². The fraction of sp³-hybridized carbons (Fsp3) is 0.267. The van der Waals surface area contributed by atoms with Gasteiger partial charge in [0.15, 0.2) is 0 Å². The first kappa shape index (κ1) is 12.6. The third-order valence-corrected chi connectivity index (χ3v) is 2.82. The van der Waals surface area contributed by atoms with Gasteiger partial charge in [0, 0.05) is 12.4 Å². The SMILES string of the molecule is CC(Oc1cccc(CCN)c1)c1ccncc1. The van der Waals surface area contributed by atoms with E-state index in [4.69, 9.17) is 10.5 Å². The Bertz CT molecular complexity index is 485. The van der Waals surface area contributed by atoms with Gasteiger partial charge in [-0.1, -0.05) is 12.1 Å². The molecule has 0 amide bonds. The second-order valence-corrected chi connectivity index (χ2v) is 4.23. The zero-order valence-electron chi connectivity index (χ0n) is 10.5. The molecule has 0 aliphatic rings. The zero-order chi connectivity index (χ0) is 12.8. The van der Waals surface area contributed by atoms with E-state index >= 15 is 0 Å². The van der Waals surface area contributed by atoms with Gasteiger partial charge in [0.2, 0.25) is 0 Å². The molecule has 0 spiro atoms. The van der Waals surface area contributed by atoms with Crippen molar-refractivity contribution < 1.29 is 4.74 Å². The Labute approximate surface area is 108 Å². The van der Waals surface area contributed by atoms with Gasteiger partial charge in [0.25, 0.3) is 0 Å². The molecule has 1 heterocycles. The number of pyridine rings is 1. The standard InChI is InChI=1S/C15H18N2O/c1-12(14-6-9-17-10-7-14)18-15-4-2-3-13(11-15)5-8-16/h2-4,6-7,9-12H,5,8,16H2,1H3. The largest absolute Gasteiger partial charge is 0.486 e. The van der Waals surface area contributed by atoms with E-state index in [1.807, 2.05) is 37.3 Å². The summed E-state index contributed by atoms with van der Waals surface area (Å²) in [4.78, 5) is 4.00. The van der Waals surface area contributed by atoms with Crippen molar-refractivity contribution in [2.24, 2.45) is 5.73 Å². The van der Waals surface area contributed by atoms with E-state index < -0.39 is 0 Å². The molecule has 2 aromatic rings. The van der Waals surface area contributed by atoms with Crippen LogP contribution in [0.25, 0.3) is 0 Å². The van der Waals surface area contributed by atoms with Crippen molar-refractivity contribution in [3.05, 3.63) is 59.9 Å². The fourth-order valence-electron chi connectivity index (χ4n) is 1.85. The van der Waals surface area contributed by atoms with Crippen LogP contribution >= 0.6 is 0 Å². The molecule has 1 unspecified atom stereocenters. The van der Waals surface area contributed by atoms with Crippen molar-refractivity contribution in [2.75, 3.05) is 6.54 Å². The van der Waals surface area contributed by atoms with Gasteiger partial charge in [-0.15, -0.1) is 0 Å². The maximum absolute atomic E-state index is 5.92. The van der Waals surface area contributed by atoms with E-state index in [-0.39, 0.29) is 6.10 Å². The van der Waals surface area contributed by atoms with Crippen LogP contribution < -0.4 is 10.5 Å². The Morgan fingerprint density at radius 1 is 1.22 bits per heavy atom. The van der Waals surface area contributed by atoms with Crippen LogP contribution in [-0.2, 0) is 6.42 Å². The maximum Gasteiger partial charge on any atom is 0.121 e. The van der Waals surface area contributed by atoms with Crippen LogP contribution in [0, 0.1) is 0 Å². The normalized spacial score (nSPS) is 12.1. The third-order valence-electron chi connectivity index (χ3n) is 2.82. The van der Waals surface area contributed by atoms with Crippen LogP contribution in [-0.4, -0.2) is 11.5 Å². The topological polar surface area (TPSA) is 48.1 Å². The highest BCUT2D eigenvalue weighted by atomic mass is 16.5. The third kappa shape index (κ3) is 3.31. The van der Waals surface area contributed by atoms with E-state index in [2.05, 4.69) is 11.1 Å². The van der Waals surface area contributed by atoms with Crippen molar-refractivity contribution in [3.63, 3.8) is 0 Å². The molecule has 18 heavy (non-hydrogen) atoms. The minimum Gasteiger partial charge on any atom is -0.486 e. The molecule has 1 aromatic carbocycles. The molecule has 0 aliphatic heterocycles. The van der Waals surface area contributed by atoms with Crippen LogP contribution in [0.15, 0.2) is 48.8 Å². The van der Waals surface area contributed by atoms with Crippen molar-refractivity contribution in [1.82, 2.24) is 4.98 Å². The predicted octanol–water partition coefficient (Wildman–Crippen LogP) is 2.72. The molecule has 0 aliphatic carbocycles. The Hall–Kier alpha value is -1.87. The first-order chi connectivity index (χ1) is 8.79. The number of rotatable bonds is 5. The summed E-state index contributed by atoms with van der Waals surface area (Å²) in [5.74, 6) is 0.880. The van der Waals surface area contributed by atoms with E-state index in [1.165, 1.54) is 5.56 Å². The molecule has 3 nitrogen and oxygen atoms in total. The van der Waals surface area contributed by atoms with Crippen LogP contribution in [0.5, 0.6) is 5.75 Å². The highest BCUT2D eigenvalue weighted by molar-refractivity contribution is 5.29. The Morgan fingerprint density at radius 2 is 2.00 bits per heavy atom. The summed E-state index contributed by atoms with van der Waals surface area (Å²) in [6.45, 7) is 2.69. The van der Waals surface area contributed by atoms with E-state index in [0.717, 1.165) is 17.7 Å². The van der Waals surface area contributed by atoms with Gasteiger partial charge in [-0.3, -0.25) is 4.98 Å². The molecule has 94 valence electrons. The van der Waals surface area contributed by atoms with Crippen LogP contribution in [0.2, 0.25) is 0 Å². The lowest BCUT2D eigenvalue weighted by Gasteiger charge is -2.15. The second-order valence-electron chi connectivity index (χ2n) is 4.23. The molecule has 1 aromatic heterocycles. The minimum atomic E-state index is 0.0149. The fourth-order valence-corrected chi connectivity index (χ4v) is 1.85. The molecule has 0 radical (unpaired) electrons. The number of aromatic nitrogens is 1. The molecular formula is C15H18N2O. The van der Waals surface area contributed by atoms with Crippen LogP contribution in [0.1, 0.15) is 24.2 Å². The van der Waals surface area contributed by atoms with Crippen molar-refractivity contribution in [1.29, 1.82) is 0 Å². The van der Waals surface area contributed by atoms with Crippen LogP contribution in [0.4, 0.5) is 0 Å². The summed E-state index contributed by atoms with van der Waals surface area (Å²) < 4.78 is 5.92. The summed E-state index contributed by atoms with van der Waals surface area (Å²) in [6.07, 6.45) is 4.45. The Balaban J connectivity index is 2.07. The zero-order valence-corrected chi connectivity index (χ0v) is 10.5. The predicted molar refractivity (Wildman–Crippen MR) is 72.5 cm³/mol. The van der Waals surface area contributed by atoms with Gasteiger partial charge in [0.05, 0.1) is 0 Å². The molecule has 0 fully saturated rings. The maximum atomic E-state index is 5.92. The van der Waals surface area contributed by atoms with E-state index in [1.54, 1.807) is 12.4 Å². The summed E-state index contributed by atoms with van der Waals surface area (Å²) in [5, 5.41) is 0. The number of ether oxygens (including phenoxy) is 1. The van der Waals surface area contributed by atoms with E-state index in [9.17, 15) is 0 Å². The minimum absolute atomic E-state index is 0.0149. The quantitative estimate of drug-likeness (QED) is 0.877.